The maximum atomic E-state index is 10.5. The van der Waals surface area contributed by atoms with Crippen molar-refractivity contribution in [3.05, 3.63) is 23.8 Å². The summed E-state index contributed by atoms with van der Waals surface area (Å²) in [4.78, 5) is 10.5. The van der Waals surface area contributed by atoms with Gasteiger partial charge in [-0.15, -0.1) is 0 Å². The molecular weight excluding hydrogens is 170 g/mol. The van der Waals surface area contributed by atoms with Crippen LogP contribution >= 0.6 is 0 Å². The van der Waals surface area contributed by atoms with Crippen molar-refractivity contribution in [1.29, 1.82) is 0 Å². The molecule has 2 aromatic heterocycles. The van der Waals surface area contributed by atoms with Crippen LogP contribution in [0, 0.1) is 0 Å². The predicted octanol–water partition coefficient (Wildman–Crippen LogP) is 0.825. The van der Waals surface area contributed by atoms with Gasteiger partial charge < -0.3 is 15.3 Å². The zero-order valence-corrected chi connectivity index (χ0v) is 6.86. The molecule has 1 unspecified atom stereocenters. The first-order valence-electron chi connectivity index (χ1n) is 3.96. The third kappa shape index (κ3) is 1.36. The second kappa shape index (κ2) is 2.74. The van der Waals surface area contributed by atoms with Gasteiger partial charge in [0, 0.05) is 12.0 Å². The summed E-state index contributed by atoms with van der Waals surface area (Å²) >= 11 is 0. The summed E-state index contributed by atoms with van der Waals surface area (Å²) in [7, 11) is 0. The van der Waals surface area contributed by atoms with Crippen molar-refractivity contribution >= 4 is 17.1 Å². The van der Waals surface area contributed by atoms with Gasteiger partial charge in [0.05, 0.1) is 0 Å². The summed E-state index contributed by atoms with van der Waals surface area (Å²) in [6.45, 7) is 0. The number of furan rings is 2. The molecule has 0 radical (unpaired) electrons. The molecule has 3 N–H and O–H groups in total. The second-order valence-corrected chi connectivity index (χ2v) is 3.02. The van der Waals surface area contributed by atoms with Crippen molar-refractivity contribution in [2.24, 2.45) is 5.73 Å². The topological polar surface area (TPSA) is 76.5 Å². The Bertz CT molecular complexity index is 420. The number of fused-ring (bicyclic) bond motifs is 2. The minimum absolute atomic E-state index is 0.318. The van der Waals surface area contributed by atoms with E-state index in [-0.39, 0.29) is 0 Å². The molecule has 0 aliphatic heterocycles. The highest BCUT2D eigenvalue weighted by Crippen LogP contribution is 2.22. The maximum Gasteiger partial charge on any atom is 0.320 e. The van der Waals surface area contributed by atoms with E-state index in [9.17, 15) is 4.79 Å². The third-order valence-electron chi connectivity index (χ3n) is 2.02. The van der Waals surface area contributed by atoms with E-state index in [2.05, 4.69) is 0 Å². The second-order valence-electron chi connectivity index (χ2n) is 3.02. The zero-order chi connectivity index (χ0) is 9.42. The van der Waals surface area contributed by atoms with Crippen LogP contribution in [0.2, 0.25) is 0 Å². The highest BCUT2D eigenvalue weighted by Gasteiger charge is 2.15. The lowest BCUT2D eigenvalue weighted by Gasteiger charge is -2.03. The Morgan fingerprint density at radius 1 is 1.62 bits per heavy atom. The SMILES string of the molecule is NC(Cc1cc2ccc1o2)C(=O)O. The van der Waals surface area contributed by atoms with Crippen LogP contribution in [-0.2, 0) is 11.2 Å². The number of hydrogen-bond acceptors (Lipinski definition) is 3. The van der Waals surface area contributed by atoms with Gasteiger partial charge in [0.25, 0.3) is 0 Å². The minimum Gasteiger partial charge on any atom is -0.480 e. The average Bonchev–Trinajstić information content (AvgIpc) is 2.64. The lowest BCUT2D eigenvalue weighted by atomic mass is 10.1. The number of carboxylic acid groups (broad SMARTS) is 1. The van der Waals surface area contributed by atoms with Gasteiger partial charge in [-0.2, -0.15) is 0 Å². The Kier molecular flexibility index (Phi) is 1.70. The van der Waals surface area contributed by atoms with E-state index >= 15 is 0 Å². The van der Waals surface area contributed by atoms with Crippen LogP contribution in [0.4, 0.5) is 0 Å². The fourth-order valence-electron chi connectivity index (χ4n) is 1.33. The lowest BCUT2D eigenvalue weighted by molar-refractivity contribution is -0.138. The first-order valence-corrected chi connectivity index (χ1v) is 3.96. The maximum absolute atomic E-state index is 10.5. The molecule has 0 spiro atoms. The Morgan fingerprint density at radius 3 is 2.85 bits per heavy atom. The van der Waals surface area contributed by atoms with Crippen LogP contribution < -0.4 is 5.73 Å². The van der Waals surface area contributed by atoms with E-state index in [4.69, 9.17) is 15.3 Å². The summed E-state index contributed by atoms with van der Waals surface area (Å²) in [6.07, 6.45) is 0.318. The molecule has 13 heavy (non-hydrogen) atoms. The standard InChI is InChI=1S/C9H9NO3/c10-7(9(11)12)4-5-3-6-1-2-8(5)13-6/h1-3,7H,4,10H2,(H,11,12). The molecule has 0 saturated heterocycles. The zero-order valence-electron chi connectivity index (χ0n) is 6.86. The predicted molar refractivity (Wildman–Crippen MR) is 46.7 cm³/mol. The normalized spacial score (nSPS) is 13.6. The van der Waals surface area contributed by atoms with Gasteiger partial charge in [-0.3, -0.25) is 4.79 Å². The van der Waals surface area contributed by atoms with Crippen LogP contribution in [0.5, 0.6) is 0 Å². The Hall–Kier alpha value is -1.55. The molecular formula is C9H9NO3. The van der Waals surface area contributed by atoms with Gasteiger partial charge >= 0.3 is 5.97 Å². The summed E-state index contributed by atoms with van der Waals surface area (Å²) in [6, 6.07) is 4.62. The molecule has 4 nitrogen and oxygen atoms in total. The van der Waals surface area contributed by atoms with Crippen molar-refractivity contribution in [2.45, 2.75) is 12.5 Å². The number of aliphatic carboxylic acids is 1. The number of carboxylic acids is 1. The quantitative estimate of drug-likeness (QED) is 0.731. The number of nitrogens with two attached hydrogens (primary N) is 1. The molecule has 68 valence electrons. The summed E-state index contributed by atoms with van der Waals surface area (Å²) in [5.74, 6) is -0.988. The van der Waals surface area contributed by atoms with E-state index < -0.39 is 12.0 Å². The molecule has 0 aromatic carbocycles. The number of benzene rings is 1. The van der Waals surface area contributed by atoms with Crippen LogP contribution in [0.1, 0.15) is 5.56 Å². The van der Waals surface area contributed by atoms with Gasteiger partial charge in [-0.05, 0) is 18.2 Å². The first-order chi connectivity index (χ1) is 6.16. The van der Waals surface area contributed by atoms with Gasteiger partial charge in [0.1, 0.15) is 17.2 Å². The number of carbonyl (C=O) groups is 1. The Balaban J connectivity index is 2.18. The van der Waals surface area contributed by atoms with Crippen molar-refractivity contribution in [3.63, 3.8) is 0 Å². The van der Waals surface area contributed by atoms with Crippen molar-refractivity contribution < 1.29 is 14.3 Å². The highest BCUT2D eigenvalue weighted by atomic mass is 16.4. The molecule has 0 amide bonds. The minimum atomic E-state index is -0.988. The smallest absolute Gasteiger partial charge is 0.320 e. The van der Waals surface area contributed by atoms with Gasteiger partial charge in [-0.1, -0.05) is 0 Å². The van der Waals surface area contributed by atoms with Gasteiger partial charge in [-0.25, -0.2) is 0 Å². The van der Waals surface area contributed by atoms with E-state index in [1.165, 1.54) is 0 Å². The molecule has 2 rings (SSSR count). The molecule has 2 heterocycles. The fourth-order valence-corrected chi connectivity index (χ4v) is 1.33. The summed E-state index contributed by atoms with van der Waals surface area (Å²) in [5.41, 5.74) is 7.75. The average molecular weight is 179 g/mol. The van der Waals surface area contributed by atoms with Crippen molar-refractivity contribution in [2.75, 3.05) is 0 Å². The third-order valence-corrected chi connectivity index (χ3v) is 2.02. The molecule has 2 aromatic rings. The van der Waals surface area contributed by atoms with Crippen LogP contribution in [0.15, 0.2) is 22.6 Å². The van der Waals surface area contributed by atoms with Crippen LogP contribution in [-0.4, -0.2) is 17.1 Å². The largest absolute Gasteiger partial charge is 0.480 e. The van der Waals surface area contributed by atoms with Gasteiger partial charge in [0.2, 0.25) is 0 Å². The highest BCUT2D eigenvalue weighted by molar-refractivity contribution is 5.75. The molecule has 0 aliphatic rings. The monoisotopic (exact) mass is 179 g/mol. The van der Waals surface area contributed by atoms with Gasteiger partial charge in [0.15, 0.2) is 0 Å². The lowest BCUT2D eigenvalue weighted by Crippen LogP contribution is -2.32. The fraction of sp³-hybridized carbons (Fsp3) is 0.222. The van der Waals surface area contributed by atoms with Crippen LogP contribution in [0.25, 0.3) is 11.2 Å². The summed E-state index contributed by atoms with van der Waals surface area (Å²) < 4.78 is 5.25. The van der Waals surface area contributed by atoms with Crippen LogP contribution in [0.3, 0.4) is 0 Å². The summed E-state index contributed by atoms with van der Waals surface area (Å²) in [5, 5.41) is 8.59. The molecule has 0 aliphatic carbocycles. The van der Waals surface area contributed by atoms with E-state index in [1.54, 1.807) is 0 Å². The number of rotatable bonds is 3. The molecule has 0 fully saturated rings. The Morgan fingerprint density at radius 2 is 2.38 bits per heavy atom. The van der Waals surface area contributed by atoms with Crippen molar-refractivity contribution in [1.82, 2.24) is 0 Å². The van der Waals surface area contributed by atoms with E-state index in [0.29, 0.717) is 6.42 Å². The van der Waals surface area contributed by atoms with E-state index in [0.717, 1.165) is 16.7 Å². The molecule has 1 atom stereocenters. The Labute approximate surface area is 74.3 Å². The molecule has 4 heteroatoms. The molecule has 0 saturated carbocycles. The molecule has 2 bridgehead atoms. The van der Waals surface area contributed by atoms with Crippen molar-refractivity contribution in [3.8, 4) is 0 Å². The number of hydrogen-bond donors (Lipinski definition) is 2. The first kappa shape index (κ1) is 8.07. The van der Waals surface area contributed by atoms with E-state index in [1.807, 2.05) is 18.2 Å².